The number of nitrogens with zero attached hydrogens (tertiary/aromatic N) is 4. The molecule has 9 heteroatoms. The lowest BCUT2D eigenvalue weighted by Gasteiger charge is -2.36. The van der Waals surface area contributed by atoms with E-state index in [0.717, 1.165) is 18.8 Å². The molecule has 2 N–H and O–H groups in total. The van der Waals surface area contributed by atoms with Gasteiger partial charge in [0.15, 0.2) is 0 Å². The van der Waals surface area contributed by atoms with E-state index >= 15 is 0 Å². The van der Waals surface area contributed by atoms with E-state index in [4.69, 9.17) is 0 Å². The Balaban J connectivity index is 1.46. The van der Waals surface area contributed by atoms with Crippen molar-refractivity contribution < 1.29 is 9.59 Å². The van der Waals surface area contributed by atoms with Crippen molar-refractivity contribution in [1.29, 1.82) is 0 Å². The van der Waals surface area contributed by atoms with Crippen LogP contribution in [0.4, 0.5) is 15.6 Å². The van der Waals surface area contributed by atoms with Gasteiger partial charge in [-0.2, -0.15) is 0 Å². The fourth-order valence-corrected chi connectivity index (χ4v) is 3.04. The Labute approximate surface area is 149 Å². The fourth-order valence-electron chi connectivity index (χ4n) is 2.59. The highest BCUT2D eigenvalue weighted by Gasteiger charge is 2.24. The number of nitrogens with one attached hydrogen (secondary N) is 2. The molecule has 3 rings (SSSR count). The second kappa shape index (κ2) is 7.93. The van der Waals surface area contributed by atoms with Gasteiger partial charge >= 0.3 is 6.03 Å². The van der Waals surface area contributed by atoms with Gasteiger partial charge in [0.05, 0.1) is 0 Å². The number of carbonyl (C=O) groups excluding carboxylic acids is 2. The lowest BCUT2D eigenvalue weighted by atomic mass is 10.2. The van der Waals surface area contributed by atoms with Crippen molar-refractivity contribution in [2.45, 2.75) is 13.0 Å². The van der Waals surface area contributed by atoms with Crippen molar-refractivity contribution in [2.24, 2.45) is 0 Å². The van der Waals surface area contributed by atoms with Gasteiger partial charge < -0.3 is 15.1 Å². The number of amides is 3. The Bertz CT molecular complexity index is 701. The van der Waals surface area contributed by atoms with Crippen molar-refractivity contribution in [2.75, 3.05) is 36.4 Å². The minimum atomic E-state index is -0.649. The summed E-state index contributed by atoms with van der Waals surface area (Å²) in [5, 5.41) is 13.2. The van der Waals surface area contributed by atoms with Crippen molar-refractivity contribution >= 4 is 34.1 Å². The van der Waals surface area contributed by atoms with Gasteiger partial charge in [0.2, 0.25) is 11.0 Å². The minimum absolute atomic E-state index is 0.229. The van der Waals surface area contributed by atoms with Crippen LogP contribution >= 0.6 is 11.3 Å². The molecule has 0 aliphatic carbocycles. The average molecular weight is 360 g/mol. The van der Waals surface area contributed by atoms with E-state index in [1.165, 1.54) is 16.8 Å². The van der Waals surface area contributed by atoms with E-state index in [1.807, 2.05) is 18.2 Å². The van der Waals surface area contributed by atoms with E-state index in [9.17, 15) is 9.59 Å². The van der Waals surface area contributed by atoms with Crippen LogP contribution in [-0.2, 0) is 4.79 Å². The summed E-state index contributed by atoms with van der Waals surface area (Å²) in [5.74, 6) is -0.312. The number of aromatic nitrogens is 2. The second-order valence-electron chi connectivity index (χ2n) is 5.71. The Kier molecular flexibility index (Phi) is 5.44. The number of urea groups is 1. The summed E-state index contributed by atoms with van der Waals surface area (Å²) < 4.78 is 0. The molecule has 0 unspecified atom stereocenters. The number of rotatable bonds is 4. The number of para-hydroxylation sites is 1. The van der Waals surface area contributed by atoms with Crippen molar-refractivity contribution in [1.82, 2.24) is 20.4 Å². The molecule has 8 nitrogen and oxygen atoms in total. The molecule has 1 aliphatic heterocycles. The first-order valence-corrected chi connectivity index (χ1v) is 8.94. The highest BCUT2D eigenvalue weighted by Crippen LogP contribution is 2.15. The zero-order valence-corrected chi connectivity index (χ0v) is 14.7. The molecule has 1 aromatic carbocycles. The zero-order valence-electron chi connectivity index (χ0n) is 13.9. The third kappa shape index (κ3) is 4.44. The Morgan fingerprint density at radius 3 is 2.52 bits per heavy atom. The molecule has 0 bridgehead atoms. The number of piperazine rings is 1. The molecule has 1 aliphatic rings. The molecule has 0 saturated carbocycles. The second-order valence-corrected chi connectivity index (χ2v) is 6.55. The highest BCUT2D eigenvalue weighted by molar-refractivity contribution is 7.13. The lowest BCUT2D eigenvalue weighted by Crippen LogP contribution is -2.54. The van der Waals surface area contributed by atoms with Crippen LogP contribution in [0.3, 0.4) is 0 Å². The van der Waals surface area contributed by atoms with Gasteiger partial charge in [-0.1, -0.05) is 29.5 Å². The van der Waals surface area contributed by atoms with Crippen LogP contribution in [0.25, 0.3) is 0 Å². The Morgan fingerprint density at radius 1 is 1.16 bits per heavy atom. The zero-order chi connectivity index (χ0) is 17.6. The maximum absolute atomic E-state index is 12.3. The topological polar surface area (TPSA) is 90.5 Å². The molecule has 2 aromatic rings. The van der Waals surface area contributed by atoms with Gasteiger partial charge in [-0.05, 0) is 19.1 Å². The minimum Gasteiger partial charge on any atom is -0.368 e. The van der Waals surface area contributed by atoms with E-state index in [-0.39, 0.29) is 11.9 Å². The van der Waals surface area contributed by atoms with E-state index in [0.29, 0.717) is 18.2 Å². The first kappa shape index (κ1) is 17.2. The van der Waals surface area contributed by atoms with Crippen molar-refractivity contribution in [3.63, 3.8) is 0 Å². The summed E-state index contributed by atoms with van der Waals surface area (Å²) in [6.45, 7) is 4.41. The SMILES string of the molecule is C[C@H](NC(=O)N1CCN(c2ccccc2)CC1)C(=O)Nc1nncs1. The average Bonchev–Trinajstić information content (AvgIpc) is 3.15. The van der Waals surface area contributed by atoms with E-state index in [1.54, 1.807) is 11.8 Å². The van der Waals surface area contributed by atoms with Crippen LogP contribution < -0.4 is 15.5 Å². The van der Waals surface area contributed by atoms with Crippen LogP contribution in [0.2, 0.25) is 0 Å². The number of carbonyl (C=O) groups is 2. The molecule has 2 heterocycles. The van der Waals surface area contributed by atoms with Gasteiger partial charge in [-0.15, -0.1) is 10.2 Å². The largest absolute Gasteiger partial charge is 0.368 e. The molecule has 1 atom stereocenters. The van der Waals surface area contributed by atoms with E-state index in [2.05, 4.69) is 37.9 Å². The van der Waals surface area contributed by atoms with E-state index < -0.39 is 6.04 Å². The molecule has 3 amide bonds. The molecular formula is C16H20N6O2S. The monoisotopic (exact) mass is 360 g/mol. The van der Waals surface area contributed by atoms with Gasteiger partial charge in [0, 0.05) is 31.9 Å². The Hall–Kier alpha value is -2.68. The molecule has 0 spiro atoms. The molecule has 1 aromatic heterocycles. The number of hydrogen-bond acceptors (Lipinski definition) is 6. The van der Waals surface area contributed by atoms with Crippen LogP contribution in [-0.4, -0.2) is 59.3 Å². The third-order valence-corrected chi connectivity index (χ3v) is 4.62. The van der Waals surface area contributed by atoms with Crippen molar-refractivity contribution in [3.05, 3.63) is 35.8 Å². The molecular weight excluding hydrogens is 340 g/mol. The summed E-state index contributed by atoms with van der Waals surface area (Å²) in [7, 11) is 0. The predicted molar refractivity (Wildman–Crippen MR) is 96.8 cm³/mol. The first-order valence-electron chi connectivity index (χ1n) is 8.06. The standard InChI is InChI=1S/C16H20N6O2S/c1-12(14(23)19-15-20-17-11-25-15)18-16(24)22-9-7-21(8-10-22)13-5-3-2-4-6-13/h2-6,11-12H,7-10H2,1H3,(H,18,24)(H,19,20,23)/t12-/m0/s1. The van der Waals surface area contributed by atoms with Crippen LogP contribution in [0.5, 0.6) is 0 Å². The number of hydrogen-bond donors (Lipinski definition) is 2. The molecule has 25 heavy (non-hydrogen) atoms. The molecule has 1 fully saturated rings. The quantitative estimate of drug-likeness (QED) is 0.860. The predicted octanol–water partition coefficient (Wildman–Crippen LogP) is 1.40. The summed E-state index contributed by atoms with van der Waals surface area (Å²) >= 11 is 1.23. The smallest absolute Gasteiger partial charge is 0.318 e. The van der Waals surface area contributed by atoms with Crippen LogP contribution in [0.1, 0.15) is 6.92 Å². The number of benzene rings is 1. The van der Waals surface area contributed by atoms with Gasteiger partial charge in [0.25, 0.3) is 0 Å². The molecule has 0 radical (unpaired) electrons. The van der Waals surface area contributed by atoms with Crippen LogP contribution in [0, 0.1) is 0 Å². The number of anilines is 2. The Morgan fingerprint density at radius 2 is 1.88 bits per heavy atom. The molecule has 132 valence electrons. The normalized spacial score (nSPS) is 15.6. The lowest BCUT2D eigenvalue weighted by molar-refractivity contribution is -0.117. The fraction of sp³-hybridized carbons (Fsp3) is 0.375. The van der Waals surface area contributed by atoms with Crippen LogP contribution in [0.15, 0.2) is 35.8 Å². The van der Waals surface area contributed by atoms with Crippen molar-refractivity contribution in [3.8, 4) is 0 Å². The van der Waals surface area contributed by atoms with Gasteiger partial charge in [0.1, 0.15) is 11.6 Å². The van der Waals surface area contributed by atoms with Gasteiger partial charge in [-0.25, -0.2) is 4.79 Å². The third-order valence-electron chi connectivity index (χ3n) is 4.01. The highest BCUT2D eigenvalue weighted by atomic mass is 32.1. The van der Waals surface area contributed by atoms with Gasteiger partial charge in [-0.3, -0.25) is 10.1 Å². The molecule has 1 saturated heterocycles. The summed E-state index contributed by atoms with van der Waals surface area (Å²) in [4.78, 5) is 28.4. The summed E-state index contributed by atoms with van der Waals surface area (Å²) in [5.41, 5.74) is 2.69. The maximum Gasteiger partial charge on any atom is 0.318 e. The first-order chi connectivity index (χ1) is 12.1. The maximum atomic E-state index is 12.3. The summed E-state index contributed by atoms with van der Waals surface area (Å²) in [6, 6.07) is 9.25. The summed E-state index contributed by atoms with van der Waals surface area (Å²) in [6.07, 6.45) is 0.